The lowest BCUT2D eigenvalue weighted by Gasteiger charge is -2.26. The van der Waals surface area contributed by atoms with Crippen molar-refractivity contribution in [1.82, 2.24) is 4.90 Å². The molecule has 1 aliphatic rings. The standard InChI is InChI=1S/C18H16BrNO7/c1-26-12-8-9(7-10(19)15(12)22)14-13(16(23)11-3-2-6-27-11)17(24)18(25)20(14)4-5-21/h2-3,6-8,14,21-22,24H,4-5H2,1H3/t14-/m1/s1. The number of furan rings is 1. The molecule has 0 radical (unpaired) electrons. The predicted octanol–water partition coefficient (Wildman–Crippen LogP) is 2.33. The molecule has 2 aromatic rings. The number of nitrogens with zero attached hydrogens (tertiary/aromatic N) is 1. The Balaban J connectivity index is 2.17. The first-order valence-corrected chi connectivity index (χ1v) is 8.69. The molecule has 3 rings (SSSR count). The van der Waals surface area contributed by atoms with Crippen molar-refractivity contribution in [2.24, 2.45) is 0 Å². The number of halogens is 1. The molecule has 1 aliphatic heterocycles. The van der Waals surface area contributed by atoms with Crippen LogP contribution >= 0.6 is 15.9 Å². The molecule has 2 heterocycles. The van der Waals surface area contributed by atoms with E-state index in [0.717, 1.165) is 0 Å². The number of carbonyl (C=O) groups excluding carboxylic acids is 2. The first kappa shape index (κ1) is 19.0. The number of benzene rings is 1. The second-order valence-corrected chi connectivity index (χ2v) is 6.60. The van der Waals surface area contributed by atoms with Gasteiger partial charge in [-0.25, -0.2) is 0 Å². The zero-order chi connectivity index (χ0) is 19.7. The van der Waals surface area contributed by atoms with E-state index in [4.69, 9.17) is 9.15 Å². The van der Waals surface area contributed by atoms with Gasteiger partial charge in [-0.15, -0.1) is 0 Å². The number of phenols is 1. The van der Waals surface area contributed by atoms with Crippen LogP contribution in [0, 0.1) is 0 Å². The van der Waals surface area contributed by atoms with Crippen LogP contribution in [0.25, 0.3) is 0 Å². The number of carbonyl (C=O) groups is 2. The highest BCUT2D eigenvalue weighted by Gasteiger charge is 2.44. The number of aliphatic hydroxyl groups is 2. The lowest BCUT2D eigenvalue weighted by Crippen LogP contribution is -2.33. The molecular formula is C18H16BrNO7. The third kappa shape index (κ3) is 3.19. The molecule has 8 nitrogen and oxygen atoms in total. The van der Waals surface area contributed by atoms with Crippen LogP contribution in [0.3, 0.4) is 0 Å². The number of ketones is 1. The molecule has 0 saturated carbocycles. The van der Waals surface area contributed by atoms with Gasteiger partial charge in [0.2, 0.25) is 5.78 Å². The highest BCUT2D eigenvalue weighted by molar-refractivity contribution is 9.10. The second kappa shape index (κ2) is 7.45. The van der Waals surface area contributed by atoms with Gasteiger partial charge in [-0.05, 0) is 45.8 Å². The minimum atomic E-state index is -0.993. The summed E-state index contributed by atoms with van der Waals surface area (Å²) in [7, 11) is 1.36. The smallest absolute Gasteiger partial charge is 0.290 e. The SMILES string of the molecule is COc1cc([C@@H]2C(C(=O)c3ccco3)=C(O)C(=O)N2CCO)cc(Br)c1O. The van der Waals surface area contributed by atoms with E-state index in [2.05, 4.69) is 15.9 Å². The van der Waals surface area contributed by atoms with Crippen LogP contribution in [0.5, 0.6) is 11.5 Å². The van der Waals surface area contributed by atoms with Crippen LogP contribution in [-0.4, -0.2) is 52.2 Å². The number of methoxy groups -OCH3 is 1. The number of aromatic hydroxyl groups is 1. The Hall–Kier alpha value is -2.78. The van der Waals surface area contributed by atoms with Gasteiger partial charge < -0.3 is 29.4 Å². The molecule has 0 aliphatic carbocycles. The Morgan fingerprint density at radius 3 is 2.70 bits per heavy atom. The number of Topliss-reactive ketones (excluding diaryl/α,β-unsaturated/α-hetero) is 1. The third-order valence-electron chi connectivity index (χ3n) is 4.22. The van der Waals surface area contributed by atoms with Crippen molar-refractivity contribution in [3.05, 3.63) is 57.7 Å². The lowest BCUT2D eigenvalue weighted by molar-refractivity contribution is -0.129. The normalized spacial score (nSPS) is 16.9. The average molecular weight is 438 g/mol. The van der Waals surface area contributed by atoms with Gasteiger partial charge in [-0.2, -0.15) is 0 Å². The minimum absolute atomic E-state index is 0.0370. The molecule has 0 saturated heterocycles. The van der Waals surface area contributed by atoms with Crippen LogP contribution in [0.2, 0.25) is 0 Å². The van der Waals surface area contributed by atoms with Crippen molar-refractivity contribution in [3.63, 3.8) is 0 Å². The summed E-state index contributed by atoms with van der Waals surface area (Å²) in [5, 5.41) is 29.7. The van der Waals surface area contributed by atoms with Crippen molar-refractivity contribution < 1.29 is 34.1 Å². The largest absolute Gasteiger partial charge is 0.503 e. The van der Waals surface area contributed by atoms with E-state index in [1.807, 2.05) is 0 Å². The summed E-state index contributed by atoms with van der Waals surface area (Å²) in [4.78, 5) is 26.5. The van der Waals surface area contributed by atoms with Crippen LogP contribution in [0.4, 0.5) is 0 Å². The van der Waals surface area contributed by atoms with Gasteiger partial charge in [0.25, 0.3) is 5.91 Å². The molecular weight excluding hydrogens is 422 g/mol. The average Bonchev–Trinajstić information content (AvgIpc) is 3.27. The Kier molecular flexibility index (Phi) is 5.24. The van der Waals surface area contributed by atoms with E-state index < -0.39 is 23.5 Å². The molecule has 0 fully saturated rings. The van der Waals surface area contributed by atoms with E-state index >= 15 is 0 Å². The molecule has 3 N–H and O–H groups in total. The summed E-state index contributed by atoms with van der Waals surface area (Å²) in [6, 6.07) is 4.91. The third-order valence-corrected chi connectivity index (χ3v) is 4.83. The zero-order valence-electron chi connectivity index (χ0n) is 14.2. The number of β-amino-alcohol motifs (C(OH)–C–C–N with tert-alkyl or cyclic N) is 1. The maximum atomic E-state index is 12.9. The van der Waals surface area contributed by atoms with Gasteiger partial charge in [0.05, 0.1) is 36.1 Å². The molecule has 1 atom stereocenters. The molecule has 1 aromatic heterocycles. The summed E-state index contributed by atoms with van der Waals surface area (Å²) >= 11 is 3.20. The maximum Gasteiger partial charge on any atom is 0.290 e. The van der Waals surface area contributed by atoms with E-state index in [0.29, 0.717) is 5.56 Å². The van der Waals surface area contributed by atoms with E-state index in [-0.39, 0.29) is 40.5 Å². The number of hydrogen-bond donors (Lipinski definition) is 3. The number of ether oxygens (including phenoxy) is 1. The number of hydrogen-bond acceptors (Lipinski definition) is 7. The van der Waals surface area contributed by atoms with Crippen molar-refractivity contribution >= 4 is 27.6 Å². The second-order valence-electron chi connectivity index (χ2n) is 5.75. The van der Waals surface area contributed by atoms with Gasteiger partial charge >= 0.3 is 0 Å². The van der Waals surface area contributed by atoms with Gasteiger partial charge in [0.15, 0.2) is 23.0 Å². The molecule has 1 aromatic carbocycles. The summed E-state index contributed by atoms with van der Waals surface area (Å²) in [6.07, 6.45) is 1.31. The summed E-state index contributed by atoms with van der Waals surface area (Å²) in [5.41, 5.74) is 0.223. The summed E-state index contributed by atoms with van der Waals surface area (Å²) in [5.74, 6) is -2.21. The Bertz CT molecular complexity index is 920. The summed E-state index contributed by atoms with van der Waals surface area (Å²) in [6.45, 7) is -0.475. The van der Waals surface area contributed by atoms with E-state index in [1.165, 1.54) is 42.5 Å². The van der Waals surface area contributed by atoms with Crippen molar-refractivity contribution in [1.29, 1.82) is 0 Å². The van der Waals surface area contributed by atoms with Crippen molar-refractivity contribution in [2.75, 3.05) is 20.3 Å². The fraction of sp³-hybridized carbons (Fsp3) is 0.222. The molecule has 0 bridgehead atoms. The van der Waals surface area contributed by atoms with Crippen molar-refractivity contribution in [3.8, 4) is 11.5 Å². The minimum Gasteiger partial charge on any atom is -0.503 e. The number of amides is 1. The number of aliphatic hydroxyl groups excluding tert-OH is 2. The highest BCUT2D eigenvalue weighted by atomic mass is 79.9. The first-order valence-electron chi connectivity index (χ1n) is 7.90. The predicted molar refractivity (Wildman–Crippen MR) is 96.6 cm³/mol. The molecule has 0 unspecified atom stereocenters. The Labute approximate surface area is 162 Å². The van der Waals surface area contributed by atoms with Crippen molar-refractivity contribution in [2.45, 2.75) is 6.04 Å². The number of phenolic OH excluding ortho intramolecular Hbond substituents is 1. The highest BCUT2D eigenvalue weighted by Crippen LogP contribution is 2.43. The van der Waals surface area contributed by atoms with Gasteiger partial charge in [0, 0.05) is 6.54 Å². The molecule has 9 heteroatoms. The topological polar surface area (TPSA) is 120 Å². The fourth-order valence-electron chi connectivity index (χ4n) is 3.02. The zero-order valence-corrected chi connectivity index (χ0v) is 15.8. The van der Waals surface area contributed by atoms with Gasteiger partial charge in [-0.1, -0.05) is 0 Å². The Morgan fingerprint density at radius 1 is 1.37 bits per heavy atom. The molecule has 1 amide bonds. The monoisotopic (exact) mass is 437 g/mol. The van der Waals surface area contributed by atoms with E-state index in [1.54, 1.807) is 0 Å². The van der Waals surface area contributed by atoms with Gasteiger partial charge in [-0.3, -0.25) is 9.59 Å². The molecule has 142 valence electrons. The Morgan fingerprint density at radius 2 is 2.11 bits per heavy atom. The van der Waals surface area contributed by atoms with Crippen LogP contribution < -0.4 is 4.74 Å². The number of rotatable bonds is 6. The van der Waals surface area contributed by atoms with Crippen LogP contribution in [0.15, 0.2) is 50.8 Å². The lowest BCUT2D eigenvalue weighted by atomic mass is 9.94. The molecule has 27 heavy (non-hydrogen) atoms. The van der Waals surface area contributed by atoms with Crippen LogP contribution in [-0.2, 0) is 4.79 Å². The quantitative estimate of drug-likeness (QED) is 0.592. The van der Waals surface area contributed by atoms with Gasteiger partial charge in [0.1, 0.15) is 0 Å². The maximum absolute atomic E-state index is 12.9. The van der Waals surface area contributed by atoms with Crippen LogP contribution in [0.1, 0.15) is 22.2 Å². The summed E-state index contributed by atoms with van der Waals surface area (Å²) < 4.78 is 10.5. The fourth-order valence-corrected chi connectivity index (χ4v) is 3.48. The van der Waals surface area contributed by atoms with E-state index in [9.17, 15) is 24.9 Å². The molecule has 0 spiro atoms. The first-order chi connectivity index (χ1) is 12.9.